The zero-order chi connectivity index (χ0) is 17.9. The Hall–Kier alpha value is -2.08. The molecule has 2 aliphatic heterocycles. The van der Waals surface area contributed by atoms with Gasteiger partial charge in [-0.1, -0.05) is 0 Å². The number of likely N-dealkylation sites (tertiary alicyclic amines) is 2. The molecule has 25 heavy (non-hydrogen) atoms. The number of hydrogen-bond acceptors (Lipinski definition) is 4. The number of aromatic hydroxyl groups is 1. The third-order valence-corrected chi connectivity index (χ3v) is 5.40. The van der Waals surface area contributed by atoms with Crippen molar-refractivity contribution in [1.29, 1.82) is 0 Å². The number of benzene rings is 1. The molecule has 0 aliphatic carbocycles. The number of phenolic OH excluding ortho intramolecular Hbond substituents is 1. The maximum atomic E-state index is 12.8. The first-order valence-electron chi connectivity index (χ1n) is 9.00. The van der Waals surface area contributed by atoms with E-state index in [4.69, 9.17) is 5.11 Å². The van der Waals surface area contributed by atoms with Gasteiger partial charge in [0.25, 0.3) is 5.91 Å². The topological polar surface area (TPSA) is 81.1 Å². The average molecular weight is 346 g/mol. The lowest BCUT2D eigenvalue weighted by molar-refractivity contribution is -0.139. The van der Waals surface area contributed by atoms with E-state index < -0.39 is 0 Å². The summed E-state index contributed by atoms with van der Waals surface area (Å²) < 4.78 is 0. The Morgan fingerprint density at radius 3 is 2.64 bits per heavy atom. The third-order valence-electron chi connectivity index (χ3n) is 5.40. The summed E-state index contributed by atoms with van der Waals surface area (Å²) in [6.45, 7) is 2.73. The van der Waals surface area contributed by atoms with Crippen LogP contribution in [0, 0.1) is 5.41 Å². The van der Waals surface area contributed by atoms with Crippen molar-refractivity contribution in [1.82, 2.24) is 9.80 Å². The van der Waals surface area contributed by atoms with Gasteiger partial charge in [-0.05, 0) is 49.9 Å². The third kappa shape index (κ3) is 3.95. The number of hydrogen-bond donors (Lipinski definition) is 2. The number of carbonyl (C=O) groups excluding carboxylic acids is 2. The summed E-state index contributed by atoms with van der Waals surface area (Å²) >= 11 is 0. The molecule has 2 aliphatic rings. The SMILES string of the molecule is O=C1CC[C@@]2(CCCN(C(=O)c3ccc(O)cc3)C2)CN1CCCO. The summed E-state index contributed by atoms with van der Waals surface area (Å²) in [5.41, 5.74) is 0.549. The molecule has 2 amide bonds. The summed E-state index contributed by atoms with van der Waals surface area (Å²) in [6.07, 6.45) is 3.90. The van der Waals surface area contributed by atoms with Crippen LogP contribution in [0.1, 0.15) is 42.5 Å². The van der Waals surface area contributed by atoms with E-state index in [-0.39, 0.29) is 29.6 Å². The van der Waals surface area contributed by atoms with E-state index in [0.717, 1.165) is 25.8 Å². The first-order valence-corrected chi connectivity index (χ1v) is 9.00. The van der Waals surface area contributed by atoms with Crippen molar-refractivity contribution in [3.8, 4) is 5.75 Å². The number of aliphatic hydroxyl groups is 1. The summed E-state index contributed by atoms with van der Waals surface area (Å²) in [4.78, 5) is 28.7. The zero-order valence-electron chi connectivity index (χ0n) is 14.5. The molecule has 0 saturated carbocycles. The Labute approximate surface area is 148 Å². The van der Waals surface area contributed by atoms with Gasteiger partial charge in [0, 0.05) is 50.2 Å². The summed E-state index contributed by atoms with van der Waals surface area (Å²) in [6, 6.07) is 6.36. The molecule has 2 saturated heterocycles. The van der Waals surface area contributed by atoms with E-state index in [2.05, 4.69) is 0 Å². The van der Waals surface area contributed by atoms with Crippen molar-refractivity contribution in [3.05, 3.63) is 29.8 Å². The van der Waals surface area contributed by atoms with Crippen LogP contribution in [0.25, 0.3) is 0 Å². The lowest BCUT2D eigenvalue weighted by atomic mass is 9.73. The van der Waals surface area contributed by atoms with Gasteiger partial charge < -0.3 is 20.0 Å². The molecule has 1 aromatic rings. The first-order chi connectivity index (χ1) is 12.0. The predicted octanol–water partition coefficient (Wildman–Crippen LogP) is 1.62. The molecule has 1 atom stereocenters. The Balaban J connectivity index is 1.70. The highest BCUT2D eigenvalue weighted by Crippen LogP contribution is 2.39. The molecule has 0 unspecified atom stereocenters. The molecule has 6 heteroatoms. The van der Waals surface area contributed by atoms with E-state index in [0.29, 0.717) is 38.0 Å². The van der Waals surface area contributed by atoms with Gasteiger partial charge in [-0.2, -0.15) is 0 Å². The van der Waals surface area contributed by atoms with Gasteiger partial charge in [0.2, 0.25) is 5.91 Å². The molecule has 0 bridgehead atoms. The summed E-state index contributed by atoms with van der Waals surface area (Å²) in [5.74, 6) is 0.288. The standard InChI is InChI=1S/C19H26N2O4/c22-12-2-11-20-13-19(9-7-17(20)24)8-1-10-21(14-19)18(25)15-3-5-16(23)6-4-15/h3-6,22-23H,1-2,7-14H2/t19-/m0/s1. The lowest BCUT2D eigenvalue weighted by Crippen LogP contribution is -2.55. The highest BCUT2D eigenvalue weighted by Gasteiger charge is 2.42. The maximum Gasteiger partial charge on any atom is 0.253 e. The molecular weight excluding hydrogens is 320 g/mol. The average Bonchev–Trinajstić information content (AvgIpc) is 2.63. The molecule has 2 N–H and O–H groups in total. The Morgan fingerprint density at radius 2 is 1.92 bits per heavy atom. The van der Waals surface area contributed by atoms with Crippen LogP contribution in [0.3, 0.4) is 0 Å². The Kier molecular flexibility index (Phi) is 5.27. The van der Waals surface area contributed by atoms with E-state index >= 15 is 0 Å². The number of rotatable bonds is 4. The van der Waals surface area contributed by atoms with Gasteiger partial charge in [-0.15, -0.1) is 0 Å². The minimum atomic E-state index is -0.0335. The van der Waals surface area contributed by atoms with Crippen molar-refractivity contribution in [2.75, 3.05) is 32.8 Å². The molecule has 0 radical (unpaired) electrons. The smallest absolute Gasteiger partial charge is 0.253 e. The van der Waals surface area contributed by atoms with E-state index in [1.165, 1.54) is 12.1 Å². The van der Waals surface area contributed by atoms with Gasteiger partial charge in [0.1, 0.15) is 5.75 Å². The normalized spacial score (nSPS) is 24.0. The molecule has 1 spiro atoms. The second kappa shape index (κ2) is 7.44. The van der Waals surface area contributed by atoms with Gasteiger partial charge in [0.15, 0.2) is 0 Å². The van der Waals surface area contributed by atoms with Crippen LogP contribution in [0.2, 0.25) is 0 Å². The van der Waals surface area contributed by atoms with Crippen molar-refractivity contribution in [2.24, 2.45) is 5.41 Å². The van der Waals surface area contributed by atoms with Crippen molar-refractivity contribution in [2.45, 2.75) is 32.1 Å². The van der Waals surface area contributed by atoms with Crippen molar-refractivity contribution < 1.29 is 19.8 Å². The van der Waals surface area contributed by atoms with E-state index in [1.54, 1.807) is 12.1 Å². The van der Waals surface area contributed by atoms with Crippen LogP contribution in [-0.2, 0) is 4.79 Å². The Bertz CT molecular complexity index is 631. The van der Waals surface area contributed by atoms with E-state index in [1.807, 2.05) is 9.80 Å². The maximum absolute atomic E-state index is 12.8. The minimum Gasteiger partial charge on any atom is -0.508 e. The van der Waals surface area contributed by atoms with Crippen LogP contribution in [0.15, 0.2) is 24.3 Å². The zero-order valence-corrected chi connectivity index (χ0v) is 14.5. The van der Waals surface area contributed by atoms with Crippen LogP contribution in [0.4, 0.5) is 0 Å². The second-order valence-corrected chi connectivity index (χ2v) is 7.27. The second-order valence-electron chi connectivity index (χ2n) is 7.27. The molecule has 2 heterocycles. The number of aliphatic hydroxyl groups excluding tert-OH is 1. The van der Waals surface area contributed by atoms with Crippen LogP contribution in [0.5, 0.6) is 5.75 Å². The fourth-order valence-corrected chi connectivity index (χ4v) is 4.07. The highest BCUT2D eigenvalue weighted by molar-refractivity contribution is 5.94. The molecule has 0 aromatic heterocycles. The predicted molar refractivity (Wildman–Crippen MR) is 93.2 cm³/mol. The van der Waals surface area contributed by atoms with Crippen LogP contribution >= 0.6 is 0 Å². The largest absolute Gasteiger partial charge is 0.508 e. The Morgan fingerprint density at radius 1 is 1.16 bits per heavy atom. The van der Waals surface area contributed by atoms with Crippen molar-refractivity contribution in [3.63, 3.8) is 0 Å². The van der Waals surface area contributed by atoms with Gasteiger partial charge in [-0.3, -0.25) is 9.59 Å². The number of carbonyl (C=O) groups is 2. The fourth-order valence-electron chi connectivity index (χ4n) is 4.07. The van der Waals surface area contributed by atoms with Crippen LogP contribution < -0.4 is 0 Å². The monoisotopic (exact) mass is 346 g/mol. The molecule has 3 rings (SSSR count). The molecule has 1 aromatic carbocycles. The molecular formula is C19H26N2O4. The highest BCUT2D eigenvalue weighted by atomic mass is 16.3. The van der Waals surface area contributed by atoms with Crippen molar-refractivity contribution >= 4 is 11.8 Å². The number of phenols is 1. The van der Waals surface area contributed by atoms with Crippen LogP contribution in [-0.4, -0.2) is 64.6 Å². The first kappa shape index (κ1) is 17.7. The fraction of sp³-hybridized carbons (Fsp3) is 0.579. The number of piperidine rings is 2. The van der Waals surface area contributed by atoms with Gasteiger partial charge in [0.05, 0.1) is 0 Å². The quantitative estimate of drug-likeness (QED) is 0.868. The minimum absolute atomic E-state index is 0.0158. The van der Waals surface area contributed by atoms with Gasteiger partial charge >= 0.3 is 0 Å². The molecule has 136 valence electrons. The number of amides is 2. The molecule has 6 nitrogen and oxygen atoms in total. The molecule has 2 fully saturated rings. The number of nitrogens with zero attached hydrogens (tertiary/aromatic N) is 2. The summed E-state index contributed by atoms with van der Waals surface area (Å²) in [5, 5.41) is 18.4. The van der Waals surface area contributed by atoms with Gasteiger partial charge in [-0.25, -0.2) is 0 Å². The lowest BCUT2D eigenvalue weighted by Gasteiger charge is -2.48. The van der Waals surface area contributed by atoms with E-state index in [9.17, 15) is 14.7 Å². The summed E-state index contributed by atoms with van der Waals surface area (Å²) in [7, 11) is 0.